The molecule has 1 unspecified atom stereocenters. The van der Waals surface area contributed by atoms with E-state index >= 15 is 0 Å². The summed E-state index contributed by atoms with van der Waals surface area (Å²) in [7, 11) is 1.58. The first-order valence-corrected chi connectivity index (χ1v) is 10.3. The Morgan fingerprint density at radius 2 is 2.04 bits per heavy atom. The van der Waals surface area contributed by atoms with Crippen molar-refractivity contribution in [3.8, 4) is 5.75 Å². The van der Waals surface area contributed by atoms with Crippen molar-refractivity contribution in [3.05, 3.63) is 57.3 Å². The molecular formula is C22H25NO4S. The summed E-state index contributed by atoms with van der Waals surface area (Å²) in [5, 5.41) is 13.0. The van der Waals surface area contributed by atoms with Crippen LogP contribution < -0.4 is 4.74 Å². The number of ketones is 1. The van der Waals surface area contributed by atoms with Gasteiger partial charge in [0.1, 0.15) is 11.5 Å². The number of rotatable bonds is 7. The molecule has 1 aromatic carbocycles. The number of Topliss-reactive ketones (excluding diaryl/α,β-unsaturated/α-hetero) is 1. The molecule has 3 rings (SSSR count). The second-order valence-electron chi connectivity index (χ2n) is 6.90. The molecule has 5 nitrogen and oxygen atoms in total. The van der Waals surface area contributed by atoms with E-state index in [1.165, 1.54) is 11.3 Å². The summed E-state index contributed by atoms with van der Waals surface area (Å²) in [6.07, 6.45) is 2.84. The largest absolute Gasteiger partial charge is 0.507 e. The number of benzene rings is 1. The monoisotopic (exact) mass is 399 g/mol. The summed E-state index contributed by atoms with van der Waals surface area (Å²) < 4.78 is 5.22. The molecule has 1 atom stereocenters. The molecule has 1 amide bonds. The smallest absolute Gasteiger partial charge is 0.295 e. The first kappa shape index (κ1) is 20.1. The number of hydrogen-bond acceptors (Lipinski definition) is 5. The third-order valence-electron chi connectivity index (χ3n) is 5.04. The summed E-state index contributed by atoms with van der Waals surface area (Å²) >= 11 is 1.48. The summed E-state index contributed by atoms with van der Waals surface area (Å²) in [5.74, 6) is -0.622. The Kier molecular flexibility index (Phi) is 6.19. The molecule has 1 N–H and O–H groups in total. The number of carbonyl (C=O) groups excluding carboxylic acids is 2. The number of aliphatic hydroxyl groups excluding tert-OH is 1. The van der Waals surface area contributed by atoms with Gasteiger partial charge in [-0.3, -0.25) is 9.59 Å². The van der Waals surface area contributed by atoms with Gasteiger partial charge in [0.05, 0.1) is 18.7 Å². The number of ether oxygens (including phenoxy) is 1. The zero-order valence-electron chi connectivity index (χ0n) is 16.4. The van der Waals surface area contributed by atoms with Crippen molar-refractivity contribution in [1.29, 1.82) is 0 Å². The number of amides is 1. The molecule has 2 heterocycles. The second-order valence-corrected chi connectivity index (χ2v) is 7.88. The normalized spacial score (nSPS) is 18.7. The van der Waals surface area contributed by atoms with Crippen molar-refractivity contribution in [3.63, 3.8) is 0 Å². The minimum absolute atomic E-state index is 0.130. The van der Waals surface area contributed by atoms with Crippen molar-refractivity contribution >= 4 is 28.8 Å². The van der Waals surface area contributed by atoms with Gasteiger partial charge < -0.3 is 14.7 Å². The zero-order valence-corrected chi connectivity index (χ0v) is 17.2. The molecule has 0 saturated carbocycles. The van der Waals surface area contributed by atoms with E-state index in [0.29, 0.717) is 17.9 Å². The van der Waals surface area contributed by atoms with Gasteiger partial charge in [-0.05, 0) is 48.6 Å². The number of methoxy groups -OCH3 is 1. The van der Waals surface area contributed by atoms with Crippen LogP contribution in [0, 0.1) is 6.92 Å². The molecule has 0 radical (unpaired) electrons. The molecule has 28 heavy (non-hydrogen) atoms. The van der Waals surface area contributed by atoms with Gasteiger partial charge in [0.25, 0.3) is 11.7 Å². The molecule has 2 aromatic rings. The first-order valence-electron chi connectivity index (χ1n) is 9.46. The predicted octanol–water partition coefficient (Wildman–Crippen LogP) is 4.68. The van der Waals surface area contributed by atoms with E-state index in [-0.39, 0.29) is 11.3 Å². The fourth-order valence-corrected chi connectivity index (χ4v) is 4.40. The Morgan fingerprint density at radius 3 is 2.64 bits per heavy atom. The number of aryl methyl sites for hydroxylation is 1. The average molecular weight is 400 g/mol. The number of carbonyl (C=O) groups is 2. The lowest BCUT2D eigenvalue weighted by atomic mass is 9.97. The molecule has 0 bridgehead atoms. The molecule has 1 fully saturated rings. The Bertz CT molecular complexity index is 901. The van der Waals surface area contributed by atoms with Crippen molar-refractivity contribution < 1.29 is 19.4 Å². The third-order valence-corrected chi connectivity index (χ3v) is 5.97. The van der Waals surface area contributed by atoms with Crippen LogP contribution in [0.5, 0.6) is 5.75 Å². The van der Waals surface area contributed by atoms with E-state index in [4.69, 9.17) is 4.74 Å². The number of likely N-dealkylation sites (tertiary alicyclic amines) is 1. The number of aliphatic hydroxyl groups is 1. The Balaban J connectivity index is 2.09. The molecule has 6 heteroatoms. The average Bonchev–Trinajstić information content (AvgIpc) is 3.30. The molecule has 148 valence electrons. The zero-order chi connectivity index (χ0) is 20.3. The summed E-state index contributed by atoms with van der Waals surface area (Å²) in [6.45, 7) is 4.44. The highest BCUT2D eigenvalue weighted by Crippen LogP contribution is 2.41. The van der Waals surface area contributed by atoms with Crippen LogP contribution in [-0.4, -0.2) is 35.4 Å². The number of thiophene rings is 1. The minimum atomic E-state index is -0.623. The lowest BCUT2D eigenvalue weighted by molar-refractivity contribution is -0.139. The molecule has 0 aliphatic carbocycles. The highest BCUT2D eigenvalue weighted by Gasteiger charge is 2.46. The maximum Gasteiger partial charge on any atom is 0.295 e. The highest BCUT2D eigenvalue weighted by molar-refractivity contribution is 7.10. The topological polar surface area (TPSA) is 66.8 Å². The van der Waals surface area contributed by atoms with Gasteiger partial charge in [-0.25, -0.2) is 0 Å². The van der Waals surface area contributed by atoms with E-state index in [2.05, 4.69) is 6.92 Å². The summed E-state index contributed by atoms with van der Waals surface area (Å²) in [4.78, 5) is 28.1. The molecule has 0 spiro atoms. The standard InChI is InChI=1S/C22H25NO4S/c1-4-5-6-11-23-19(17-8-7-12-28-17)18(21(25)22(23)26)20(24)16-10-9-15(27-3)13-14(16)2/h7-10,12-13,19,24H,4-6,11H2,1-3H3/b20-18-. The predicted molar refractivity (Wildman–Crippen MR) is 111 cm³/mol. The van der Waals surface area contributed by atoms with Crippen molar-refractivity contribution in [2.24, 2.45) is 0 Å². The lowest BCUT2D eigenvalue weighted by Gasteiger charge is -2.24. The first-order chi connectivity index (χ1) is 13.5. The van der Waals surface area contributed by atoms with Gasteiger partial charge in [-0.1, -0.05) is 25.8 Å². The van der Waals surface area contributed by atoms with Gasteiger partial charge in [-0.2, -0.15) is 0 Å². The van der Waals surface area contributed by atoms with Crippen LogP contribution in [0.3, 0.4) is 0 Å². The fraction of sp³-hybridized carbons (Fsp3) is 0.364. The molecule has 1 aliphatic rings. The van der Waals surface area contributed by atoms with Gasteiger partial charge >= 0.3 is 0 Å². The summed E-state index contributed by atoms with van der Waals surface area (Å²) in [5.41, 5.74) is 1.48. The van der Waals surface area contributed by atoms with E-state index in [1.54, 1.807) is 30.2 Å². The van der Waals surface area contributed by atoms with Crippen LogP contribution in [0.15, 0.2) is 41.3 Å². The van der Waals surface area contributed by atoms with Crippen LogP contribution in [0.1, 0.15) is 48.2 Å². The van der Waals surface area contributed by atoms with Gasteiger partial charge in [0, 0.05) is 17.0 Å². The number of unbranched alkanes of at least 4 members (excludes halogenated alkanes) is 2. The SMILES string of the molecule is CCCCCN1C(=O)C(=O)/C(=C(\O)c2ccc(OC)cc2C)C1c1cccs1. The van der Waals surface area contributed by atoms with Crippen LogP contribution in [-0.2, 0) is 9.59 Å². The quantitative estimate of drug-likeness (QED) is 0.318. The van der Waals surface area contributed by atoms with Crippen molar-refractivity contribution in [2.75, 3.05) is 13.7 Å². The van der Waals surface area contributed by atoms with E-state index in [0.717, 1.165) is 29.7 Å². The van der Waals surface area contributed by atoms with E-state index < -0.39 is 17.7 Å². The van der Waals surface area contributed by atoms with Crippen molar-refractivity contribution in [2.45, 2.75) is 39.2 Å². The van der Waals surface area contributed by atoms with E-state index in [1.807, 2.05) is 24.4 Å². The van der Waals surface area contributed by atoms with Crippen LogP contribution in [0.4, 0.5) is 0 Å². The maximum absolute atomic E-state index is 12.9. The number of hydrogen-bond donors (Lipinski definition) is 1. The number of nitrogens with zero attached hydrogens (tertiary/aromatic N) is 1. The highest BCUT2D eigenvalue weighted by atomic mass is 32.1. The van der Waals surface area contributed by atoms with Crippen LogP contribution in [0.25, 0.3) is 5.76 Å². The lowest BCUT2D eigenvalue weighted by Crippen LogP contribution is -2.30. The minimum Gasteiger partial charge on any atom is -0.507 e. The molecule has 1 saturated heterocycles. The van der Waals surface area contributed by atoms with Gasteiger partial charge in [0.2, 0.25) is 0 Å². The molecule has 1 aromatic heterocycles. The van der Waals surface area contributed by atoms with E-state index in [9.17, 15) is 14.7 Å². The van der Waals surface area contributed by atoms with Crippen molar-refractivity contribution in [1.82, 2.24) is 4.90 Å². The fourth-order valence-electron chi connectivity index (χ4n) is 3.56. The molecular weight excluding hydrogens is 374 g/mol. The third kappa shape index (κ3) is 3.69. The van der Waals surface area contributed by atoms with Crippen LogP contribution in [0.2, 0.25) is 0 Å². The Hall–Kier alpha value is -2.60. The van der Waals surface area contributed by atoms with Crippen LogP contribution >= 0.6 is 11.3 Å². The Morgan fingerprint density at radius 1 is 1.25 bits per heavy atom. The Labute approximate surface area is 169 Å². The molecule has 1 aliphatic heterocycles. The second kappa shape index (κ2) is 8.61. The maximum atomic E-state index is 12.9. The van der Waals surface area contributed by atoms with Gasteiger partial charge in [-0.15, -0.1) is 11.3 Å². The van der Waals surface area contributed by atoms with Gasteiger partial charge in [0.15, 0.2) is 0 Å². The summed E-state index contributed by atoms with van der Waals surface area (Å²) in [6, 6.07) is 8.51.